The van der Waals surface area contributed by atoms with Crippen molar-refractivity contribution in [2.24, 2.45) is 0 Å². The first-order chi connectivity index (χ1) is 14.1. The van der Waals surface area contributed by atoms with Crippen molar-refractivity contribution in [2.45, 2.75) is 6.54 Å². The molecule has 0 aliphatic carbocycles. The zero-order valence-corrected chi connectivity index (χ0v) is 16.0. The number of benzene rings is 2. The molecule has 2 N–H and O–H groups in total. The second kappa shape index (κ2) is 8.07. The Kier molecular flexibility index (Phi) is 5.17. The largest absolute Gasteiger partial charge is 0.325 e. The number of nitrogens with zero attached hydrogens (tertiary/aromatic N) is 2. The average molecular weight is 404 g/mol. The van der Waals surface area contributed by atoms with Crippen molar-refractivity contribution in [2.75, 3.05) is 5.32 Å². The lowest BCUT2D eigenvalue weighted by atomic mass is 10.1. The van der Waals surface area contributed by atoms with Gasteiger partial charge in [-0.2, -0.15) is 0 Å². The molecule has 0 spiro atoms. The molecule has 0 aliphatic rings. The highest BCUT2D eigenvalue weighted by Crippen LogP contribution is 2.30. The van der Waals surface area contributed by atoms with E-state index >= 15 is 0 Å². The number of amides is 3. The van der Waals surface area contributed by atoms with Gasteiger partial charge in [-0.15, -0.1) is 11.3 Å². The molecule has 3 amide bonds. The summed E-state index contributed by atoms with van der Waals surface area (Å²) in [7, 11) is 0. The number of fused-ring (bicyclic) bond motifs is 1. The van der Waals surface area contributed by atoms with Gasteiger partial charge in [-0.1, -0.05) is 48.5 Å². The Morgan fingerprint density at radius 2 is 1.69 bits per heavy atom. The molecule has 0 aliphatic heterocycles. The van der Waals surface area contributed by atoms with Gasteiger partial charge in [0.1, 0.15) is 11.4 Å². The summed E-state index contributed by atoms with van der Waals surface area (Å²) < 4.78 is 1.20. The molecule has 8 heteroatoms. The van der Waals surface area contributed by atoms with Gasteiger partial charge in [0.25, 0.3) is 5.56 Å². The molecular weight excluding hydrogens is 388 g/mol. The van der Waals surface area contributed by atoms with Crippen molar-refractivity contribution in [3.8, 4) is 11.1 Å². The summed E-state index contributed by atoms with van der Waals surface area (Å²) in [5.41, 5.74) is 1.92. The van der Waals surface area contributed by atoms with Crippen LogP contribution in [0, 0.1) is 0 Å². The number of nitrogens with one attached hydrogen (secondary N) is 2. The molecule has 144 valence electrons. The topological polar surface area (TPSA) is 93.1 Å². The van der Waals surface area contributed by atoms with Gasteiger partial charge in [-0.05, 0) is 17.7 Å². The Labute approximate surface area is 169 Å². The Hall–Kier alpha value is -3.78. The van der Waals surface area contributed by atoms with E-state index in [0.29, 0.717) is 15.9 Å². The second-order valence-electron chi connectivity index (χ2n) is 6.24. The zero-order chi connectivity index (χ0) is 20.2. The number of hydrogen-bond acceptors (Lipinski definition) is 5. The molecular formula is C21H16N4O3S. The van der Waals surface area contributed by atoms with Gasteiger partial charge in [0, 0.05) is 16.6 Å². The summed E-state index contributed by atoms with van der Waals surface area (Å²) in [5, 5.41) is 7.12. The van der Waals surface area contributed by atoms with Gasteiger partial charge in [-0.25, -0.2) is 9.78 Å². The Balaban J connectivity index is 1.54. The number of anilines is 1. The minimum Gasteiger partial charge on any atom is -0.308 e. The fraction of sp³-hybridized carbons (Fsp3) is 0.0476. The zero-order valence-electron chi connectivity index (χ0n) is 15.2. The fourth-order valence-electron chi connectivity index (χ4n) is 2.92. The van der Waals surface area contributed by atoms with Crippen LogP contribution in [0.15, 0.2) is 77.2 Å². The number of rotatable bonds is 4. The molecule has 2 heterocycles. The van der Waals surface area contributed by atoms with Gasteiger partial charge in [-0.3, -0.25) is 19.5 Å². The molecule has 4 aromatic rings. The van der Waals surface area contributed by atoms with Gasteiger partial charge in [0.15, 0.2) is 0 Å². The maximum atomic E-state index is 12.9. The van der Waals surface area contributed by atoms with Crippen molar-refractivity contribution >= 4 is 39.2 Å². The Bertz CT molecular complexity index is 1230. The van der Waals surface area contributed by atoms with Crippen LogP contribution in [-0.2, 0) is 11.3 Å². The summed E-state index contributed by atoms with van der Waals surface area (Å²) in [5.74, 6) is -0.613. The van der Waals surface area contributed by atoms with E-state index < -0.39 is 11.9 Å². The normalized spacial score (nSPS) is 10.6. The SMILES string of the molecule is O=C(Cn1cnc2scc(-c3ccccc3)c2c1=O)NC(=O)Nc1ccccc1. The summed E-state index contributed by atoms with van der Waals surface area (Å²) in [6.45, 7) is -0.311. The lowest BCUT2D eigenvalue weighted by Crippen LogP contribution is -2.38. The van der Waals surface area contributed by atoms with Gasteiger partial charge >= 0.3 is 6.03 Å². The molecule has 0 saturated carbocycles. The van der Waals surface area contributed by atoms with E-state index in [9.17, 15) is 14.4 Å². The number of para-hydroxylation sites is 1. The van der Waals surface area contributed by atoms with Crippen LogP contribution in [0.5, 0.6) is 0 Å². The Morgan fingerprint density at radius 1 is 1.00 bits per heavy atom. The first kappa shape index (κ1) is 18.6. The number of imide groups is 1. The lowest BCUT2D eigenvalue weighted by molar-refractivity contribution is -0.120. The van der Waals surface area contributed by atoms with Crippen molar-refractivity contribution in [3.05, 3.63) is 82.7 Å². The molecule has 0 bridgehead atoms. The third kappa shape index (κ3) is 4.07. The van der Waals surface area contributed by atoms with E-state index in [1.165, 1.54) is 22.2 Å². The highest BCUT2D eigenvalue weighted by molar-refractivity contribution is 7.17. The minimum atomic E-state index is -0.663. The van der Waals surface area contributed by atoms with Crippen molar-refractivity contribution in [1.82, 2.24) is 14.9 Å². The van der Waals surface area contributed by atoms with Crippen LogP contribution < -0.4 is 16.2 Å². The molecule has 4 rings (SSSR count). The first-order valence-electron chi connectivity index (χ1n) is 8.80. The molecule has 7 nitrogen and oxygen atoms in total. The quantitative estimate of drug-likeness (QED) is 0.545. The van der Waals surface area contributed by atoms with E-state index in [0.717, 1.165) is 11.1 Å². The average Bonchev–Trinajstić information content (AvgIpc) is 3.16. The maximum absolute atomic E-state index is 12.9. The van der Waals surface area contributed by atoms with Crippen LogP contribution in [0.3, 0.4) is 0 Å². The molecule has 0 fully saturated rings. The van der Waals surface area contributed by atoms with Gasteiger partial charge in [0.2, 0.25) is 5.91 Å². The predicted octanol–water partition coefficient (Wildman–Crippen LogP) is 3.47. The maximum Gasteiger partial charge on any atom is 0.325 e. The van der Waals surface area contributed by atoms with E-state index in [1.807, 2.05) is 41.8 Å². The van der Waals surface area contributed by atoms with Crippen LogP contribution in [0.4, 0.5) is 10.5 Å². The number of carbonyl (C=O) groups is 2. The van der Waals surface area contributed by atoms with Crippen LogP contribution >= 0.6 is 11.3 Å². The first-order valence-corrected chi connectivity index (χ1v) is 9.68. The smallest absolute Gasteiger partial charge is 0.308 e. The van der Waals surface area contributed by atoms with E-state index in [4.69, 9.17) is 0 Å². The van der Waals surface area contributed by atoms with Gasteiger partial charge < -0.3 is 5.32 Å². The van der Waals surface area contributed by atoms with Crippen LogP contribution in [0.1, 0.15) is 0 Å². The lowest BCUT2D eigenvalue weighted by Gasteiger charge is -2.08. The van der Waals surface area contributed by atoms with Crippen LogP contribution in [0.25, 0.3) is 21.3 Å². The number of hydrogen-bond donors (Lipinski definition) is 2. The standard InChI is InChI=1S/C21H16N4O3S/c26-17(24-21(28)23-15-9-5-2-6-10-15)11-25-13-22-19-18(20(25)27)16(12-29-19)14-7-3-1-4-8-14/h1-10,12-13H,11H2,(H2,23,24,26,28). The number of carbonyl (C=O) groups excluding carboxylic acids is 2. The highest BCUT2D eigenvalue weighted by atomic mass is 32.1. The molecule has 29 heavy (non-hydrogen) atoms. The second-order valence-corrected chi connectivity index (χ2v) is 7.10. The van der Waals surface area contributed by atoms with Crippen LogP contribution in [-0.4, -0.2) is 21.5 Å². The third-order valence-corrected chi connectivity index (χ3v) is 5.13. The summed E-state index contributed by atoms with van der Waals surface area (Å²) in [4.78, 5) is 42.0. The molecule has 0 saturated heterocycles. The van der Waals surface area contributed by atoms with Gasteiger partial charge in [0.05, 0.1) is 11.7 Å². The molecule has 0 atom stereocenters. The van der Waals surface area contributed by atoms with Crippen LogP contribution in [0.2, 0.25) is 0 Å². The number of aromatic nitrogens is 2. The van der Waals surface area contributed by atoms with E-state index in [2.05, 4.69) is 15.6 Å². The molecule has 0 radical (unpaired) electrons. The van der Waals surface area contributed by atoms with Crippen molar-refractivity contribution in [3.63, 3.8) is 0 Å². The number of thiophene rings is 1. The summed E-state index contributed by atoms with van der Waals surface area (Å²) >= 11 is 1.37. The Morgan fingerprint density at radius 3 is 2.41 bits per heavy atom. The predicted molar refractivity (Wildman–Crippen MR) is 113 cm³/mol. The number of urea groups is 1. The minimum absolute atomic E-state index is 0.311. The van der Waals surface area contributed by atoms with E-state index in [-0.39, 0.29) is 12.1 Å². The van der Waals surface area contributed by atoms with Crippen molar-refractivity contribution < 1.29 is 9.59 Å². The molecule has 2 aromatic heterocycles. The third-order valence-electron chi connectivity index (χ3n) is 4.24. The monoisotopic (exact) mass is 404 g/mol. The van der Waals surface area contributed by atoms with E-state index in [1.54, 1.807) is 24.3 Å². The summed E-state index contributed by atoms with van der Waals surface area (Å²) in [6, 6.07) is 17.6. The van der Waals surface area contributed by atoms with Crippen molar-refractivity contribution in [1.29, 1.82) is 0 Å². The molecule has 0 unspecified atom stereocenters. The highest BCUT2D eigenvalue weighted by Gasteiger charge is 2.15. The summed E-state index contributed by atoms with van der Waals surface area (Å²) in [6.07, 6.45) is 1.32. The fourth-order valence-corrected chi connectivity index (χ4v) is 3.82. The molecule has 2 aromatic carbocycles.